The maximum atomic E-state index is 14.1. The summed E-state index contributed by atoms with van der Waals surface area (Å²) < 4.78 is 23.3. The quantitative estimate of drug-likeness (QED) is 0.324. The van der Waals surface area contributed by atoms with Crippen LogP contribution in [0.1, 0.15) is 67.7 Å². The fourth-order valence-electron chi connectivity index (χ4n) is 8.98. The van der Waals surface area contributed by atoms with E-state index in [1.807, 2.05) is 20.8 Å². The largest absolute Gasteiger partial charge is 0.459 e. The minimum absolute atomic E-state index is 0.122. The van der Waals surface area contributed by atoms with Gasteiger partial charge in [0.2, 0.25) is 0 Å². The Hall–Kier alpha value is -2.75. The highest BCUT2D eigenvalue weighted by atomic mass is 16.6. The molecule has 0 radical (unpaired) electrons. The summed E-state index contributed by atoms with van der Waals surface area (Å²) in [5.41, 5.74) is -3.02. The molecule has 210 valence electrons. The predicted molar refractivity (Wildman–Crippen MR) is 131 cm³/mol. The number of carbonyl (C=O) groups is 5. The number of rotatable bonds is 4. The Morgan fingerprint density at radius 2 is 1.34 bits per heavy atom. The number of ketones is 1. The number of carbonyl (C=O) groups excluding carboxylic acids is 5. The van der Waals surface area contributed by atoms with Crippen molar-refractivity contribution in [1.29, 1.82) is 0 Å². The van der Waals surface area contributed by atoms with Gasteiger partial charge in [-0.2, -0.15) is 0 Å². The Morgan fingerprint density at radius 1 is 0.816 bits per heavy atom. The molecule has 4 fully saturated rings. The molecule has 38 heavy (non-hydrogen) atoms. The van der Waals surface area contributed by atoms with Crippen LogP contribution in [0.4, 0.5) is 0 Å². The molecule has 4 aliphatic carbocycles. The third-order valence-electron chi connectivity index (χ3n) is 9.53. The highest BCUT2D eigenvalue weighted by molar-refractivity contribution is 6.04. The van der Waals surface area contributed by atoms with Gasteiger partial charge >= 0.3 is 23.9 Å². The molecule has 10 atom stereocenters. The van der Waals surface area contributed by atoms with Crippen LogP contribution in [0.25, 0.3) is 0 Å². The van der Waals surface area contributed by atoms with Crippen molar-refractivity contribution in [2.24, 2.45) is 34.0 Å². The summed E-state index contributed by atoms with van der Waals surface area (Å²) in [6.45, 7) is 14.5. The van der Waals surface area contributed by atoms with Crippen LogP contribution in [-0.2, 0) is 42.9 Å². The molecule has 0 aromatic rings. The topological polar surface area (TPSA) is 143 Å². The molecule has 0 aromatic heterocycles. The van der Waals surface area contributed by atoms with Gasteiger partial charge in [-0.1, -0.05) is 27.4 Å². The molecule has 1 N–H and O–H groups in total. The molecule has 10 heteroatoms. The van der Waals surface area contributed by atoms with E-state index >= 15 is 0 Å². The van der Waals surface area contributed by atoms with E-state index in [1.54, 1.807) is 0 Å². The van der Waals surface area contributed by atoms with Gasteiger partial charge in [-0.05, 0) is 36.2 Å². The summed E-state index contributed by atoms with van der Waals surface area (Å²) in [5.74, 6) is -4.47. The molecule has 0 saturated heterocycles. The van der Waals surface area contributed by atoms with Gasteiger partial charge < -0.3 is 24.1 Å². The second-order valence-corrected chi connectivity index (χ2v) is 12.4. The van der Waals surface area contributed by atoms with E-state index in [1.165, 1.54) is 27.7 Å². The van der Waals surface area contributed by atoms with Crippen molar-refractivity contribution < 1.29 is 48.0 Å². The van der Waals surface area contributed by atoms with Gasteiger partial charge in [0.25, 0.3) is 0 Å². The summed E-state index contributed by atoms with van der Waals surface area (Å²) >= 11 is 0. The zero-order valence-corrected chi connectivity index (χ0v) is 23.1. The lowest BCUT2D eigenvalue weighted by Crippen LogP contribution is -2.76. The third-order valence-corrected chi connectivity index (χ3v) is 9.53. The summed E-state index contributed by atoms with van der Waals surface area (Å²) in [6.07, 6.45) is -4.39. The minimum Gasteiger partial charge on any atom is -0.459 e. The van der Waals surface area contributed by atoms with Crippen molar-refractivity contribution in [1.82, 2.24) is 0 Å². The Bertz CT molecular complexity index is 1090. The van der Waals surface area contributed by atoms with Crippen molar-refractivity contribution in [2.75, 3.05) is 0 Å². The number of esters is 4. The number of Topliss-reactive ketones (excluding diaryl/α,β-unsaturated/α-hetero) is 1. The first kappa shape index (κ1) is 28.3. The molecule has 0 heterocycles. The smallest absolute Gasteiger partial charge is 0.303 e. The number of hydrogen-bond donors (Lipinski definition) is 1. The standard InChI is InChI=1S/C28H38O10/c1-12-17-9-18(33)21-27(8)11-19(35-13(2)29)24(37-15(4)31)26(6,7)22(27)20(36-14(3)30)25(38-16(5)32)28(21,10-17)23(12)34/h17-22,24-25,33H,1,9-11H2,2-8H3. The summed E-state index contributed by atoms with van der Waals surface area (Å²) in [4.78, 5) is 63.4. The Morgan fingerprint density at radius 3 is 1.87 bits per heavy atom. The van der Waals surface area contributed by atoms with Crippen LogP contribution in [0.5, 0.6) is 0 Å². The Kier molecular flexibility index (Phi) is 6.82. The normalized spacial score (nSPS) is 42.8. The molecular weight excluding hydrogens is 496 g/mol. The van der Waals surface area contributed by atoms with Gasteiger partial charge in [-0.15, -0.1) is 0 Å². The lowest BCUT2D eigenvalue weighted by molar-refractivity contribution is -0.300. The molecule has 4 rings (SSSR count). The molecular formula is C28H38O10. The summed E-state index contributed by atoms with van der Waals surface area (Å²) in [5, 5.41) is 11.7. The van der Waals surface area contributed by atoms with Crippen LogP contribution in [-0.4, -0.2) is 65.3 Å². The molecule has 1 spiro atoms. The summed E-state index contributed by atoms with van der Waals surface area (Å²) in [7, 11) is 0. The second-order valence-electron chi connectivity index (χ2n) is 12.4. The first-order valence-corrected chi connectivity index (χ1v) is 13.1. The van der Waals surface area contributed by atoms with Crippen molar-refractivity contribution in [3.63, 3.8) is 0 Å². The molecule has 2 bridgehead atoms. The first-order chi connectivity index (χ1) is 17.5. The SMILES string of the molecule is C=C1C(=O)C23CC1CC(O)C2C1(C)CC(OC(C)=O)C(OC(C)=O)C(C)(C)C1C(OC(C)=O)C3OC(C)=O. The van der Waals surface area contributed by atoms with Crippen LogP contribution in [0.2, 0.25) is 0 Å². The highest BCUT2D eigenvalue weighted by Gasteiger charge is 2.79. The average Bonchev–Trinajstić information content (AvgIpc) is 2.93. The monoisotopic (exact) mass is 534 g/mol. The zero-order chi connectivity index (χ0) is 28.5. The Labute approximate surface area is 222 Å². The van der Waals surface area contributed by atoms with Gasteiger partial charge in [0.05, 0.1) is 11.5 Å². The van der Waals surface area contributed by atoms with E-state index in [4.69, 9.17) is 18.9 Å². The molecule has 4 saturated carbocycles. The number of allylic oxidation sites excluding steroid dienone is 1. The average molecular weight is 535 g/mol. The van der Waals surface area contributed by atoms with Crippen molar-refractivity contribution in [2.45, 2.75) is 98.2 Å². The molecule has 0 aliphatic heterocycles. The van der Waals surface area contributed by atoms with Gasteiger partial charge in [0, 0.05) is 44.9 Å². The number of aliphatic hydroxyl groups is 1. The number of ether oxygens (including phenoxy) is 4. The van der Waals surface area contributed by atoms with E-state index in [0.717, 1.165) is 0 Å². The fraction of sp³-hybridized carbons (Fsp3) is 0.750. The maximum Gasteiger partial charge on any atom is 0.303 e. The zero-order valence-electron chi connectivity index (χ0n) is 23.1. The lowest BCUT2D eigenvalue weighted by Gasteiger charge is -2.68. The number of aliphatic hydroxyl groups excluding tert-OH is 1. The number of fused-ring (bicyclic) bond motifs is 3. The van der Waals surface area contributed by atoms with Crippen LogP contribution in [0.15, 0.2) is 12.2 Å². The first-order valence-electron chi connectivity index (χ1n) is 13.1. The van der Waals surface area contributed by atoms with Crippen LogP contribution in [0, 0.1) is 34.0 Å². The minimum atomic E-state index is -1.39. The fourth-order valence-corrected chi connectivity index (χ4v) is 8.98. The molecule has 10 unspecified atom stereocenters. The van der Waals surface area contributed by atoms with Crippen molar-refractivity contribution in [3.05, 3.63) is 12.2 Å². The van der Waals surface area contributed by atoms with E-state index in [-0.39, 0.29) is 24.5 Å². The van der Waals surface area contributed by atoms with Crippen LogP contribution in [0.3, 0.4) is 0 Å². The Balaban J connectivity index is 2.01. The highest BCUT2D eigenvalue weighted by Crippen LogP contribution is 2.72. The molecule has 10 nitrogen and oxygen atoms in total. The van der Waals surface area contributed by atoms with Gasteiger partial charge in [0.15, 0.2) is 11.9 Å². The van der Waals surface area contributed by atoms with Gasteiger partial charge in [0.1, 0.15) is 18.3 Å². The predicted octanol–water partition coefficient (Wildman–Crippen LogP) is 2.29. The van der Waals surface area contributed by atoms with E-state index in [9.17, 15) is 29.1 Å². The van der Waals surface area contributed by atoms with Crippen LogP contribution < -0.4 is 0 Å². The van der Waals surface area contributed by atoms with Crippen molar-refractivity contribution in [3.8, 4) is 0 Å². The van der Waals surface area contributed by atoms with E-state index in [0.29, 0.717) is 12.0 Å². The van der Waals surface area contributed by atoms with Crippen LogP contribution >= 0.6 is 0 Å². The molecule has 0 amide bonds. The van der Waals surface area contributed by atoms with Crippen molar-refractivity contribution >= 4 is 29.7 Å². The van der Waals surface area contributed by atoms with E-state index in [2.05, 4.69) is 6.58 Å². The number of hydrogen-bond acceptors (Lipinski definition) is 10. The second kappa shape index (κ2) is 9.17. The van der Waals surface area contributed by atoms with Gasteiger partial charge in [-0.3, -0.25) is 24.0 Å². The molecule has 4 aliphatic rings. The lowest BCUT2D eigenvalue weighted by atomic mass is 9.38. The maximum absolute atomic E-state index is 14.1. The molecule has 0 aromatic carbocycles. The summed E-state index contributed by atoms with van der Waals surface area (Å²) in [6, 6.07) is 0. The third kappa shape index (κ3) is 3.98. The van der Waals surface area contributed by atoms with E-state index < -0.39 is 82.5 Å². The van der Waals surface area contributed by atoms with Gasteiger partial charge in [-0.25, -0.2) is 0 Å².